The largest absolute Gasteiger partial charge is 0.480 e. The summed E-state index contributed by atoms with van der Waals surface area (Å²) in [6, 6.07) is 0. The Morgan fingerprint density at radius 1 is 1.33 bits per heavy atom. The molecule has 0 radical (unpaired) electrons. The van der Waals surface area contributed by atoms with E-state index in [0.29, 0.717) is 19.4 Å². The van der Waals surface area contributed by atoms with Gasteiger partial charge in [-0.1, -0.05) is 13.3 Å². The third-order valence-corrected chi connectivity index (χ3v) is 3.33. The molecule has 0 aromatic carbocycles. The summed E-state index contributed by atoms with van der Waals surface area (Å²) in [4.78, 5) is 35.9. The monoisotopic (exact) mass is 256 g/mol. The summed E-state index contributed by atoms with van der Waals surface area (Å²) in [5.41, 5.74) is -1.29. The number of hydrogen-bond donors (Lipinski definition) is 2. The molecule has 0 aromatic rings. The second-order valence-corrected chi connectivity index (χ2v) is 4.75. The van der Waals surface area contributed by atoms with E-state index in [1.807, 2.05) is 6.92 Å². The van der Waals surface area contributed by atoms with E-state index in [4.69, 9.17) is 5.11 Å². The van der Waals surface area contributed by atoms with Crippen LogP contribution in [0.2, 0.25) is 0 Å². The van der Waals surface area contributed by atoms with Gasteiger partial charge in [0.25, 0.3) is 0 Å². The Kier molecular flexibility index (Phi) is 4.69. The Bertz CT molecular complexity index is 350. The van der Waals surface area contributed by atoms with Gasteiger partial charge in [0.05, 0.1) is 6.54 Å². The molecule has 6 heteroatoms. The van der Waals surface area contributed by atoms with E-state index in [0.717, 1.165) is 12.8 Å². The second kappa shape index (κ2) is 5.84. The van der Waals surface area contributed by atoms with Gasteiger partial charge in [0.1, 0.15) is 5.41 Å². The van der Waals surface area contributed by atoms with Gasteiger partial charge in [-0.3, -0.25) is 14.4 Å². The molecule has 1 rings (SSSR count). The molecule has 6 nitrogen and oxygen atoms in total. The number of carbonyl (C=O) groups is 3. The quantitative estimate of drug-likeness (QED) is 0.666. The SMILES string of the molecule is CCCNC(=O)CN(C)C(=O)C1(C(=O)O)CCC1. The lowest BCUT2D eigenvalue weighted by atomic mass is 9.68. The van der Waals surface area contributed by atoms with Gasteiger partial charge in [-0.15, -0.1) is 0 Å². The van der Waals surface area contributed by atoms with Crippen molar-refractivity contribution in [3.8, 4) is 0 Å². The Labute approximate surface area is 106 Å². The number of hydrogen-bond acceptors (Lipinski definition) is 3. The van der Waals surface area contributed by atoms with Gasteiger partial charge in [0, 0.05) is 13.6 Å². The number of rotatable bonds is 6. The van der Waals surface area contributed by atoms with Gasteiger partial charge < -0.3 is 15.3 Å². The zero-order chi connectivity index (χ0) is 13.8. The minimum Gasteiger partial charge on any atom is -0.480 e. The van der Waals surface area contributed by atoms with Crippen LogP contribution in [-0.2, 0) is 14.4 Å². The first-order valence-corrected chi connectivity index (χ1v) is 6.19. The molecule has 0 atom stereocenters. The third-order valence-electron chi connectivity index (χ3n) is 3.33. The standard InChI is InChI=1S/C12H20N2O4/c1-3-7-13-9(15)8-14(2)10(16)12(11(17)18)5-4-6-12/h3-8H2,1-2H3,(H,13,15)(H,17,18). The van der Waals surface area contributed by atoms with E-state index in [2.05, 4.69) is 5.32 Å². The van der Waals surface area contributed by atoms with Crippen LogP contribution in [0.5, 0.6) is 0 Å². The molecule has 0 unspecified atom stereocenters. The van der Waals surface area contributed by atoms with E-state index in [1.165, 1.54) is 11.9 Å². The summed E-state index contributed by atoms with van der Waals surface area (Å²) >= 11 is 0. The molecule has 1 aliphatic rings. The maximum absolute atomic E-state index is 12.1. The summed E-state index contributed by atoms with van der Waals surface area (Å²) in [7, 11) is 1.47. The number of likely N-dealkylation sites (N-methyl/N-ethyl adjacent to an activating group) is 1. The fraction of sp³-hybridized carbons (Fsp3) is 0.750. The van der Waals surface area contributed by atoms with Gasteiger partial charge in [-0.05, 0) is 19.3 Å². The Morgan fingerprint density at radius 2 is 1.94 bits per heavy atom. The lowest BCUT2D eigenvalue weighted by Crippen LogP contribution is -2.53. The van der Waals surface area contributed by atoms with Crippen LogP contribution in [-0.4, -0.2) is 47.9 Å². The van der Waals surface area contributed by atoms with Gasteiger partial charge in [0.15, 0.2) is 0 Å². The predicted molar refractivity (Wildman–Crippen MR) is 64.9 cm³/mol. The van der Waals surface area contributed by atoms with Crippen LogP contribution < -0.4 is 5.32 Å². The van der Waals surface area contributed by atoms with E-state index < -0.39 is 17.3 Å². The first kappa shape index (κ1) is 14.5. The van der Waals surface area contributed by atoms with Gasteiger partial charge in [-0.2, -0.15) is 0 Å². The van der Waals surface area contributed by atoms with Crippen molar-refractivity contribution in [2.24, 2.45) is 5.41 Å². The summed E-state index contributed by atoms with van der Waals surface area (Å²) in [6.07, 6.45) is 2.29. The van der Waals surface area contributed by atoms with Crippen molar-refractivity contribution in [3.63, 3.8) is 0 Å². The average Bonchev–Trinajstić information content (AvgIpc) is 2.23. The molecular formula is C12H20N2O4. The highest BCUT2D eigenvalue weighted by molar-refractivity contribution is 6.03. The van der Waals surface area contributed by atoms with Gasteiger partial charge in [0.2, 0.25) is 11.8 Å². The lowest BCUT2D eigenvalue weighted by molar-refractivity contribution is -0.167. The highest BCUT2D eigenvalue weighted by Crippen LogP contribution is 2.42. The van der Waals surface area contributed by atoms with Crippen molar-refractivity contribution in [1.82, 2.24) is 10.2 Å². The van der Waals surface area contributed by atoms with Gasteiger partial charge in [-0.25, -0.2) is 0 Å². The van der Waals surface area contributed by atoms with E-state index in [9.17, 15) is 14.4 Å². The Morgan fingerprint density at radius 3 is 2.33 bits per heavy atom. The topological polar surface area (TPSA) is 86.7 Å². The molecule has 102 valence electrons. The second-order valence-electron chi connectivity index (χ2n) is 4.75. The molecule has 0 bridgehead atoms. The molecule has 1 aliphatic carbocycles. The van der Waals surface area contributed by atoms with Crippen LogP contribution in [0.15, 0.2) is 0 Å². The lowest BCUT2D eigenvalue weighted by Gasteiger charge is -2.38. The Hall–Kier alpha value is -1.59. The molecule has 2 N–H and O–H groups in total. The van der Waals surface area contributed by atoms with Crippen LogP contribution in [0.1, 0.15) is 32.6 Å². The number of nitrogens with one attached hydrogen (secondary N) is 1. The fourth-order valence-electron chi connectivity index (χ4n) is 2.02. The van der Waals surface area contributed by atoms with Crippen LogP contribution in [0, 0.1) is 5.41 Å². The normalized spacial score (nSPS) is 16.6. The van der Waals surface area contributed by atoms with Crippen LogP contribution in [0.25, 0.3) is 0 Å². The molecule has 18 heavy (non-hydrogen) atoms. The van der Waals surface area contributed by atoms with Crippen molar-refractivity contribution in [3.05, 3.63) is 0 Å². The van der Waals surface area contributed by atoms with Crippen LogP contribution >= 0.6 is 0 Å². The highest BCUT2D eigenvalue weighted by atomic mass is 16.4. The van der Waals surface area contributed by atoms with Crippen molar-refractivity contribution < 1.29 is 19.5 Å². The molecule has 0 saturated heterocycles. The number of aliphatic carboxylic acids is 1. The number of carbonyl (C=O) groups excluding carboxylic acids is 2. The molecular weight excluding hydrogens is 236 g/mol. The van der Waals surface area contributed by atoms with Crippen LogP contribution in [0.4, 0.5) is 0 Å². The minimum atomic E-state index is -1.29. The summed E-state index contributed by atoms with van der Waals surface area (Å²) in [5, 5.41) is 11.8. The number of nitrogens with zero attached hydrogens (tertiary/aromatic N) is 1. The highest BCUT2D eigenvalue weighted by Gasteiger charge is 2.52. The average molecular weight is 256 g/mol. The molecule has 1 saturated carbocycles. The van der Waals surface area contributed by atoms with Crippen molar-refractivity contribution in [1.29, 1.82) is 0 Å². The molecule has 0 heterocycles. The molecule has 2 amide bonds. The minimum absolute atomic E-state index is 0.0894. The zero-order valence-corrected chi connectivity index (χ0v) is 10.9. The van der Waals surface area contributed by atoms with E-state index in [1.54, 1.807) is 0 Å². The van der Waals surface area contributed by atoms with Crippen molar-refractivity contribution in [2.75, 3.05) is 20.1 Å². The fourth-order valence-corrected chi connectivity index (χ4v) is 2.02. The first-order chi connectivity index (χ1) is 8.44. The van der Waals surface area contributed by atoms with Crippen molar-refractivity contribution >= 4 is 17.8 Å². The Balaban J connectivity index is 2.56. The number of carboxylic acid groups (broad SMARTS) is 1. The molecule has 0 aromatic heterocycles. The smallest absolute Gasteiger partial charge is 0.319 e. The zero-order valence-electron chi connectivity index (χ0n) is 10.9. The van der Waals surface area contributed by atoms with Crippen LogP contribution in [0.3, 0.4) is 0 Å². The van der Waals surface area contributed by atoms with Crippen molar-refractivity contribution in [2.45, 2.75) is 32.6 Å². The molecule has 0 spiro atoms. The maximum atomic E-state index is 12.1. The molecule has 0 aliphatic heterocycles. The summed E-state index contributed by atoms with van der Waals surface area (Å²) in [6.45, 7) is 2.40. The summed E-state index contributed by atoms with van der Waals surface area (Å²) < 4.78 is 0. The first-order valence-electron chi connectivity index (χ1n) is 6.19. The van der Waals surface area contributed by atoms with E-state index >= 15 is 0 Å². The summed E-state index contributed by atoms with van der Waals surface area (Å²) in [5.74, 6) is -1.81. The number of carboxylic acids is 1. The van der Waals surface area contributed by atoms with Gasteiger partial charge >= 0.3 is 5.97 Å². The third kappa shape index (κ3) is 2.80. The maximum Gasteiger partial charge on any atom is 0.319 e. The van der Waals surface area contributed by atoms with E-state index in [-0.39, 0.29) is 12.5 Å². The molecule has 1 fully saturated rings. The predicted octanol–water partition coefficient (Wildman–Crippen LogP) is 0.226. The number of amides is 2.